The minimum atomic E-state index is -0.465. The summed E-state index contributed by atoms with van der Waals surface area (Å²) in [5.74, 6) is 0.496. The van der Waals surface area contributed by atoms with Crippen molar-refractivity contribution in [2.75, 3.05) is 5.43 Å². The first-order valence-electron chi connectivity index (χ1n) is 9.98. The van der Waals surface area contributed by atoms with Crippen molar-refractivity contribution >= 4 is 22.8 Å². The Bertz CT molecular complexity index is 890. The third-order valence-corrected chi connectivity index (χ3v) is 4.85. The van der Waals surface area contributed by atoms with Gasteiger partial charge < -0.3 is 4.57 Å². The molecule has 0 amide bonds. The van der Waals surface area contributed by atoms with Crippen LogP contribution >= 0.6 is 0 Å². The highest BCUT2D eigenvalue weighted by Crippen LogP contribution is 2.17. The van der Waals surface area contributed by atoms with Gasteiger partial charge in [0.05, 0.1) is 0 Å². The summed E-state index contributed by atoms with van der Waals surface area (Å²) in [6, 6.07) is 0. The number of rotatable bonds is 11. The van der Waals surface area contributed by atoms with E-state index in [0.717, 1.165) is 25.0 Å². The molecule has 0 atom stereocenters. The molecule has 0 bridgehead atoms. The molecule has 0 saturated carbocycles. The predicted octanol–water partition coefficient (Wildman–Crippen LogP) is 3.37. The van der Waals surface area contributed by atoms with E-state index in [-0.39, 0.29) is 0 Å². The lowest BCUT2D eigenvalue weighted by molar-refractivity contribution is 0.556. The molecule has 0 aliphatic rings. The molecule has 0 saturated heterocycles. The molecular weight excluding hydrogens is 344 g/mol. The van der Waals surface area contributed by atoms with Crippen molar-refractivity contribution in [3.63, 3.8) is 0 Å². The average Bonchev–Trinajstić information content (AvgIpc) is 3.02. The Morgan fingerprint density at radius 1 is 1.11 bits per heavy atom. The number of H-pyrrole nitrogens is 1. The normalized spacial score (nSPS) is 12.1. The van der Waals surface area contributed by atoms with Gasteiger partial charge in [0.2, 0.25) is 5.95 Å². The van der Waals surface area contributed by atoms with E-state index >= 15 is 0 Å². The van der Waals surface area contributed by atoms with Crippen molar-refractivity contribution in [3.05, 3.63) is 20.8 Å². The van der Waals surface area contributed by atoms with E-state index in [2.05, 4.69) is 27.4 Å². The second kappa shape index (κ2) is 10.1. The standard InChI is InChI=1S/C19H32N6O2/c1-5-7-8-9-10-11-12-13-25-15-16(24(4)19(27)21-17(15)26)20-18(25)23-22-14(3)6-2/h5-13H2,1-4H3,(H,20,23)(H,21,26,27)/b22-14-. The molecule has 8 heteroatoms. The average molecular weight is 377 g/mol. The molecule has 2 aromatic rings. The maximum atomic E-state index is 12.4. The predicted molar refractivity (Wildman–Crippen MR) is 111 cm³/mol. The molecule has 27 heavy (non-hydrogen) atoms. The van der Waals surface area contributed by atoms with Crippen molar-refractivity contribution in [1.82, 2.24) is 19.1 Å². The van der Waals surface area contributed by atoms with Crippen LogP contribution in [0.15, 0.2) is 14.7 Å². The molecule has 150 valence electrons. The molecule has 0 spiro atoms. The van der Waals surface area contributed by atoms with E-state index < -0.39 is 11.2 Å². The van der Waals surface area contributed by atoms with Crippen LogP contribution in [0.3, 0.4) is 0 Å². The molecule has 2 rings (SSSR count). The van der Waals surface area contributed by atoms with Gasteiger partial charge in [0.1, 0.15) is 0 Å². The number of unbranched alkanes of at least 4 members (excludes halogenated alkanes) is 6. The Hall–Kier alpha value is -2.38. The van der Waals surface area contributed by atoms with Crippen molar-refractivity contribution in [2.45, 2.75) is 78.7 Å². The van der Waals surface area contributed by atoms with Crippen LogP contribution in [-0.2, 0) is 13.6 Å². The molecule has 2 heterocycles. The van der Waals surface area contributed by atoms with E-state index in [1.54, 1.807) is 7.05 Å². The minimum Gasteiger partial charge on any atom is -0.303 e. The van der Waals surface area contributed by atoms with Gasteiger partial charge in [0, 0.05) is 19.3 Å². The summed E-state index contributed by atoms with van der Waals surface area (Å²) in [7, 11) is 1.61. The monoisotopic (exact) mass is 376 g/mol. The molecule has 0 aromatic carbocycles. The number of hydrazone groups is 1. The Morgan fingerprint density at radius 3 is 2.44 bits per heavy atom. The minimum absolute atomic E-state index is 0.374. The van der Waals surface area contributed by atoms with E-state index in [4.69, 9.17) is 0 Å². The summed E-state index contributed by atoms with van der Waals surface area (Å²) in [6.07, 6.45) is 9.13. The number of nitrogens with one attached hydrogen (secondary N) is 2. The van der Waals surface area contributed by atoms with Gasteiger partial charge in [-0.25, -0.2) is 10.2 Å². The van der Waals surface area contributed by atoms with Crippen LogP contribution in [0, 0.1) is 0 Å². The molecular formula is C19H32N6O2. The number of aromatic amines is 1. The van der Waals surface area contributed by atoms with Gasteiger partial charge in [-0.1, -0.05) is 52.4 Å². The second-order valence-electron chi connectivity index (χ2n) is 7.01. The second-order valence-corrected chi connectivity index (χ2v) is 7.01. The lowest BCUT2D eigenvalue weighted by Crippen LogP contribution is -2.29. The number of aryl methyl sites for hydroxylation is 2. The summed E-state index contributed by atoms with van der Waals surface area (Å²) in [4.78, 5) is 31.1. The Labute approximate surface area is 159 Å². The Balaban J connectivity index is 2.24. The van der Waals surface area contributed by atoms with Crippen molar-refractivity contribution in [3.8, 4) is 0 Å². The number of hydrogen-bond donors (Lipinski definition) is 2. The molecule has 0 fully saturated rings. The van der Waals surface area contributed by atoms with Crippen LogP contribution < -0.4 is 16.7 Å². The lowest BCUT2D eigenvalue weighted by atomic mass is 10.1. The first-order valence-corrected chi connectivity index (χ1v) is 9.98. The molecule has 0 aliphatic carbocycles. The van der Waals surface area contributed by atoms with Crippen LogP contribution in [0.5, 0.6) is 0 Å². The van der Waals surface area contributed by atoms with Gasteiger partial charge in [-0.05, 0) is 19.8 Å². The lowest BCUT2D eigenvalue weighted by Gasteiger charge is -2.08. The molecule has 2 aromatic heterocycles. The summed E-state index contributed by atoms with van der Waals surface area (Å²) in [5.41, 5.74) is 3.82. The van der Waals surface area contributed by atoms with Crippen molar-refractivity contribution in [2.24, 2.45) is 12.1 Å². The zero-order chi connectivity index (χ0) is 19.8. The van der Waals surface area contributed by atoms with Crippen LogP contribution in [0.25, 0.3) is 11.2 Å². The van der Waals surface area contributed by atoms with Crippen LogP contribution in [0.2, 0.25) is 0 Å². The third-order valence-electron chi connectivity index (χ3n) is 4.85. The molecule has 2 N–H and O–H groups in total. The fourth-order valence-electron chi connectivity index (χ4n) is 2.99. The zero-order valence-corrected chi connectivity index (χ0v) is 17.0. The third kappa shape index (κ3) is 5.30. The van der Waals surface area contributed by atoms with E-state index in [9.17, 15) is 9.59 Å². The molecule has 0 aliphatic heterocycles. The number of hydrogen-bond acceptors (Lipinski definition) is 5. The largest absolute Gasteiger partial charge is 0.329 e. The fourth-order valence-corrected chi connectivity index (χ4v) is 2.99. The first kappa shape index (κ1) is 20.9. The van der Waals surface area contributed by atoms with Gasteiger partial charge >= 0.3 is 5.69 Å². The van der Waals surface area contributed by atoms with Crippen LogP contribution in [0.4, 0.5) is 5.95 Å². The number of nitrogens with zero attached hydrogens (tertiary/aromatic N) is 4. The highest BCUT2D eigenvalue weighted by molar-refractivity contribution is 5.82. The quantitative estimate of drug-likeness (QED) is 0.357. The van der Waals surface area contributed by atoms with Gasteiger partial charge in [-0.3, -0.25) is 14.3 Å². The first-order chi connectivity index (χ1) is 13.0. The summed E-state index contributed by atoms with van der Waals surface area (Å²) >= 11 is 0. The number of anilines is 1. The summed E-state index contributed by atoms with van der Waals surface area (Å²) < 4.78 is 3.20. The Kier molecular flexibility index (Phi) is 7.82. The fraction of sp³-hybridized carbons (Fsp3) is 0.684. The van der Waals surface area contributed by atoms with Gasteiger partial charge in [0.25, 0.3) is 5.56 Å². The van der Waals surface area contributed by atoms with Gasteiger partial charge in [-0.2, -0.15) is 10.1 Å². The maximum Gasteiger partial charge on any atom is 0.329 e. The van der Waals surface area contributed by atoms with Crippen molar-refractivity contribution in [1.29, 1.82) is 0 Å². The summed E-state index contributed by atoms with van der Waals surface area (Å²) in [6.45, 7) is 6.83. The summed E-state index contributed by atoms with van der Waals surface area (Å²) in [5, 5.41) is 4.31. The Morgan fingerprint density at radius 2 is 1.78 bits per heavy atom. The van der Waals surface area contributed by atoms with E-state index in [1.165, 1.54) is 36.7 Å². The highest BCUT2D eigenvalue weighted by atomic mass is 16.2. The number of aromatic nitrogens is 4. The SMILES string of the molecule is CCCCCCCCCn1c(N/N=C(/C)CC)nc2c1c(=O)[nH]c(=O)n2C. The topological polar surface area (TPSA) is 97.1 Å². The van der Waals surface area contributed by atoms with Crippen LogP contribution in [-0.4, -0.2) is 24.8 Å². The number of imidazole rings is 1. The molecule has 0 unspecified atom stereocenters. The zero-order valence-electron chi connectivity index (χ0n) is 17.0. The van der Waals surface area contributed by atoms with Crippen LogP contribution in [0.1, 0.15) is 72.1 Å². The van der Waals surface area contributed by atoms with Crippen molar-refractivity contribution < 1.29 is 0 Å². The number of fused-ring (bicyclic) bond motifs is 1. The molecule has 8 nitrogen and oxygen atoms in total. The smallest absolute Gasteiger partial charge is 0.303 e. The van der Waals surface area contributed by atoms with E-state index in [1.807, 2.05) is 18.4 Å². The van der Waals surface area contributed by atoms with Gasteiger partial charge in [0.15, 0.2) is 11.2 Å². The highest BCUT2D eigenvalue weighted by Gasteiger charge is 2.16. The molecule has 0 radical (unpaired) electrons. The maximum absolute atomic E-state index is 12.4. The van der Waals surface area contributed by atoms with E-state index in [0.29, 0.717) is 23.7 Å². The van der Waals surface area contributed by atoms with Gasteiger partial charge in [-0.15, -0.1) is 0 Å².